The molecule has 25 heavy (non-hydrogen) atoms. The molecule has 1 aromatic heterocycles. The molecule has 2 amide bonds. The molecule has 2 atom stereocenters. The van der Waals surface area contributed by atoms with Crippen molar-refractivity contribution in [3.63, 3.8) is 0 Å². The summed E-state index contributed by atoms with van der Waals surface area (Å²) in [6.45, 7) is -0.127. The van der Waals surface area contributed by atoms with Gasteiger partial charge in [0.25, 0.3) is 5.91 Å². The van der Waals surface area contributed by atoms with Gasteiger partial charge in [0.1, 0.15) is 18.0 Å². The maximum atomic E-state index is 13.6. The standard InChI is InChI=1S/C18H19FN4O2/c1-22(14-5-3-2-4-6-14)16-8-7-12(10-21-16)18(25)23-11-13(19)9-15(23)17(20)24/h2-8,10,13,15H,9,11H2,1H3,(H2,20,24)/t13-,15+/m1/s1. The molecule has 2 N–H and O–H groups in total. The molecule has 6 nitrogen and oxygen atoms in total. The van der Waals surface area contributed by atoms with E-state index < -0.39 is 24.0 Å². The Balaban J connectivity index is 1.78. The van der Waals surface area contributed by atoms with Crippen LogP contribution in [0.3, 0.4) is 0 Å². The lowest BCUT2D eigenvalue weighted by Crippen LogP contribution is -2.43. The van der Waals surface area contributed by atoms with Gasteiger partial charge in [-0.15, -0.1) is 0 Å². The number of benzene rings is 1. The van der Waals surface area contributed by atoms with Crippen molar-refractivity contribution in [3.8, 4) is 0 Å². The minimum Gasteiger partial charge on any atom is -0.368 e. The SMILES string of the molecule is CN(c1ccccc1)c1ccc(C(=O)N2C[C@H](F)C[C@H]2C(N)=O)cn1. The van der Waals surface area contributed by atoms with Crippen molar-refractivity contribution in [2.24, 2.45) is 5.73 Å². The van der Waals surface area contributed by atoms with Crippen LogP contribution in [0.25, 0.3) is 0 Å². The molecule has 0 bridgehead atoms. The molecule has 1 fully saturated rings. The van der Waals surface area contributed by atoms with E-state index in [2.05, 4.69) is 4.98 Å². The molecular formula is C18H19FN4O2. The van der Waals surface area contributed by atoms with E-state index in [0.717, 1.165) is 5.69 Å². The fourth-order valence-electron chi connectivity index (χ4n) is 2.94. The third kappa shape index (κ3) is 3.45. The van der Waals surface area contributed by atoms with Crippen LogP contribution >= 0.6 is 0 Å². The van der Waals surface area contributed by atoms with Crippen molar-refractivity contribution < 1.29 is 14.0 Å². The highest BCUT2D eigenvalue weighted by Crippen LogP contribution is 2.24. The summed E-state index contributed by atoms with van der Waals surface area (Å²) in [4.78, 5) is 31.4. The Labute approximate surface area is 145 Å². The summed E-state index contributed by atoms with van der Waals surface area (Å²) in [5.41, 5.74) is 6.53. The van der Waals surface area contributed by atoms with Gasteiger partial charge in [-0.3, -0.25) is 9.59 Å². The average Bonchev–Trinajstić information content (AvgIpc) is 3.03. The molecule has 130 valence electrons. The van der Waals surface area contributed by atoms with E-state index in [4.69, 9.17) is 5.73 Å². The van der Waals surface area contributed by atoms with Crippen LogP contribution in [-0.4, -0.2) is 47.5 Å². The number of rotatable bonds is 4. The highest BCUT2D eigenvalue weighted by Gasteiger charge is 2.39. The smallest absolute Gasteiger partial charge is 0.256 e. The predicted molar refractivity (Wildman–Crippen MR) is 92.3 cm³/mol. The van der Waals surface area contributed by atoms with Crippen LogP contribution in [0.4, 0.5) is 15.9 Å². The Morgan fingerprint density at radius 1 is 1.24 bits per heavy atom. The van der Waals surface area contributed by atoms with Gasteiger partial charge >= 0.3 is 0 Å². The summed E-state index contributed by atoms with van der Waals surface area (Å²) >= 11 is 0. The summed E-state index contributed by atoms with van der Waals surface area (Å²) < 4.78 is 13.6. The van der Waals surface area contributed by atoms with Gasteiger partial charge in [-0.2, -0.15) is 0 Å². The number of hydrogen-bond donors (Lipinski definition) is 1. The Hall–Kier alpha value is -2.96. The fraction of sp³-hybridized carbons (Fsp3) is 0.278. The molecule has 1 aliphatic heterocycles. The Bertz CT molecular complexity index is 766. The van der Waals surface area contributed by atoms with Crippen molar-refractivity contribution in [3.05, 3.63) is 54.2 Å². The summed E-state index contributed by atoms with van der Waals surface area (Å²) in [5, 5.41) is 0. The van der Waals surface area contributed by atoms with Crippen molar-refractivity contribution in [2.75, 3.05) is 18.5 Å². The second-order valence-corrected chi connectivity index (χ2v) is 6.01. The third-order valence-electron chi connectivity index (χ3n) is 4.32. The van der Waals surface area contributed by atoms with Crippen molar-refractivity contribution in [2.45, 2.75) is 18.6 Å². The van der Waals surface area contributed by atoms with Gasteiger partial charge in [-0.1, -0.05) is 18.2 Å². The predicted octanol–water partition coefficient (Wildman–Crippen LogP) is 1.89. The molecule has 3 rings (SSSR count). The number of alkyl halides is 1. The number of aromatic nitrogens is 1. The Morgan fingerprint density at radius 2 is 1.96 bits per heavy atom. The van der Waals surface area contributed by atoms with E-state index in [-0.39, 0.29) is 13.0 Å². The number of primary amides is 1. The van der Waals surface area contributed by atoms with E-state index in [0.29, 0.717) is 11.4 Å². The summed E-state index contributed by atoms with van der Waals surface area (Å²) in [6, 6.07) is 12.1. The molecule has 0 unspecified atom stereocenters. The van der Waals surface area contributed by atoms with E-state index in [1.54, 1.807) is 12.1 Å². The zero-order valence-corrected chi connectivity index (χ0v) is 13.8. The van der Waals surface area contributed by atoms with Crippen LogP contribution in [0.15, 0.2) is 48.7 Å². The minimum absolute atomic E-state index is 0.0523. The topological polar surface area (TPSA) is 79.5 Å². The van der Waals surface area contributed by atoms with Crippen molar-refractivity contribution in [1.82, 2.24) is 9.88 Å². The lowest BCUT2D eigenvalue weighted by molar-refractivity contribution is -0.121. The van der Waals surface area contributed by atoms with Gasteiger partial charge < -0.3 is 15.5 Å². The van der Waals surface area contributed by atoms with Gasteiger partial charge in [0, 0.05) is 25.4 Å². The first-order valence-electron chi connectivity index (χ1n) is 7.96. The lowest BCUT2D eigenvalue weighted by atomic mass is 10.2. The van der Waals surface area contributed by atoms with Crippen LogP contribution < -0.4 is 10.6 Å². The number of anilines is 2. The van der Waals surface area contributed by atoms with Crippen molar-refractivity contribution in [1.29, 1.82) is 0 Å². The Kier molecular flexibility index (Phi) is 4.65. The van der Waals surface area contributed by atoms with Crippen LogP contribution in [0.5, 0.6) is 0 Å². The van der Waals surface area contributed by atoms with E-state index in [9.17, 15) is 14.0 Å². The van der Waals surface area contributed by atoms with Gasteiger partial charge in [-0.25, -0.2) is 9.37 Å². The second-order valence-electron chi connectivity index (χ2n) is 6.01. The zero-order chi connectivity index (χ0) is 18.0. The van der Waals surface area contributed by atoms with E-state index in [1.165, 1.54) is 11.1 Å². The number of hydrogen-bond acceptors (Lipinski definition) is 4. The quantitative estimate of drug-likeness (QED) is 0.920. The summed E-state index contributed by atoms with van der Waals surface area (Å²) in [5.74, 6) is -0.466. The number of likely N-dealkylation sites (tertiary alicyclic amines) is 1. The highest BCUT2D eigenvalue weighted by molar-refractivity contribution is 5.97. The Morgan fingerprint density at radius 3 is 2.56 bits per heavy atom. The van der Waals surface area contributed by atoms with Crippen LogP contribution in [-0.2, 0) is 4.79 Å². The maximum absolute atomic E-state index is 13.6. The zero-order valence-electron chi connectivity index (χ0n) is 13.8. The largest absolute Gasteiger partial charge is 0.368 e. The van der Waals surface area contributed by atoms with E-state index in [1.807, 2.05) is 42.3 Å². The van der Waals surface area contributed by atoms with Gasteiger partial charge in [0.15, 0.2) is 0 Å². The number of nitrogens with zero attached hydrogens (tertiary/aromatic N) is 3. The number of halogens is 1. The normalized spacial score (nSPS) is 19.7. The molecule has 0 aliphatic carbocycles. The average molecular weight is 342 g/mol. The summed E-state index contributed by atoms with van der Waals surface area (Å²) in [7, 11) is 1.87. The number of para-hydroxylation sites is 1. The van der Waals surface area contributed by atoms with Crippen LogP contribution in [0, 0.1) is 0 Å². The number of carbonyl (C=O) groups excluding carboxylic acids is 2. The minimum atomic E-state index is -1.24. The molecule has 0 radical (unpaired) electrons. The number of carbonyl (C=O) groups is 2. The number of nitrogens with two attached hydrogens (primary N) is 1. The number of pyridine rings is 1. The van der Waals surface area contributed by atoms with Crippen LogP contribution in [0.2, 0.25) is 0 Å². The van der Waals surface area contributed by atoms with Gasteiger partial charge in [0.05, 0.1) is 12.1 Å². The van der Waals surface area contributed by atoms with E-state index >= 15 is 0 Å². The number of amides is 2. The van der Waals surface area contributed by atoms with Crippen LogP contribution in [0.1, 0.15) is 16.8 Å². The first-order chi connectivity index (χ1) is 12.0. The van der Waals surface area contributed by atoms with Crippen molar-refractivity contribution >= 4 is 23.3 Å². The lowest BCUT2D eigenvalue weighted by Gasteiger charge is -2.22. The van der Waals surface area contributed by atoms with Gasteiger partial charge in [0.2, 0.25) is 5.91 Å². The monoisotopic (exact) mass is 342 g/mol. The second kappa shape index (κ2) is 6.88. The molecule has 1 aromatic carbocycles. The molecule has 0 saturated carbocycles. The fourth-order valence-corrected chi connectivity index (χ4v) is 2.94. The molecule has 2 aromatic rings. The highest BCUT2D eigenvalue weighted by atomic mass is 19.1. The first-order valence-corrected chi connectivity index (χ1v) is 7.96. The molecular weight excluding hydrogens is 323 g/mol. The molecule has 1 aliphatic rings. The maximum Gasteiger partial charge on any atom is 0.256 e. The third-order valence-corrected chi connectivity index (χ3v) is 4.32. The molecule has 1 saturated heterocycles. The van der Waals surface area contributed by atoms with Gasteiger partial charge in [-0.05, 0) is 24.3 Å². The molecule has 7 heteroatoms. The first kappa shape index (κ1) is 16.9. The molecule has 2 heterocycles. The molecule has 0 spiro atoms. The summed E-state index contributed by atoms with van der Waals surface area (Å²) in [6.07, 6.45) is 0.141.